The molecule has 0 fully saturated rings. The molecule has 0 aromatic heterocycles. The summed E-state index contributed by atoms with van der Waals surface area (Å²) in [4.78, 5) is 11.3. The Kier molecular flexibility index (Phi) is 3.50. The standard InChI is InChI=1S/C17H15NO2/c19-17-12-20-16-10-9-14(11-15(16)18-17)8-4-7-13-5-2-1-3-6-13/h1-6,8-11H,7,12H2,(H,18,19)/b8-4+. The molecule has 0 aliphatic carbocycles. The molecular formula is C17H15NO2. The van der Waals surface area contributed by atoms with Crippen LogP contribution in [0, 0.1) is 0 Å². The van der Waals surface area contributed by atoms with Crippen molar-refractivity contribution in [1.29, 1.82) is 0 Å². The number of amides is 1. The number of hydrogen-bond acceptors (Lipinski definition) is 2. The van der Waals surface area contributed by atoms with Crippen LogP contribution in [0.5, 0.6) is 5.75 Å². The molecule has 20 heavy (non-hydrogen) atoms. The molecule has 1 aliphatic rings. The van der Waals surface area contributed by atoms with Gasteiger partial charge in [0.25, 0.3) is 5.91 Å². The molecule has 2 aromatic rings. The van der Waals surface area contributed by atoms with Gasteiger partial charge in [-0.05, 0) is 29.7 Å². The maximum atomic E-state index is 11.3. The molecule has 0 unspecified atom stereocenters. The molecule has 3 rings (SSSR count). The molecule has 1 N–H and O–H groups in total. The van der Waals surface area contributed by atoms with Gasteiger partial charge in [0.15, 0.2) is 6.61 Å². The Balaban J connectivity index is 1.72. The van der Waals surface area contributed by atoms with E-state index in [0.717, 1.165) is 23.4 Å². The molecule has 3 nitrogen and oxygen atoms in total. The summed E-state index contributed by atoms with van der Waals surface area (Å²) in [7, 11) is 0. The van der Waals surface area contributed by atoms with Gasteiger partial charge in [-0.25, -0.2) is 0 Å². The zero-order chi connectivity index (χ0) is 13.8. The quantitative estimate of drug-likeness (QED) is 0.925. The summed E-state index contributed by atoms with van der Waals surface area (Å²) in [6.07, 6.45) is 5.05. The number of carbonyl (C=O) groups is 1. The summed E-state index contributed by atoms with van der Waals surface area (Å²) in [6, 6.07) is 16.1. The van der Waals surface area contributed by atoms with Crippen LogP contribution in [0.1, 0.15) is 11.1 Å². The lowest BCUT2D eigenvalue weighted by molar-refractivity contribution is -0.118. The second-order valence-corrected chi connectivity index (χ2v) is 4.68. The van der Waals surface area contributed by atoms with Crippen molar-refractivity contribution < 1.29 is 9.53 Å². The van der Waals surface area contributed by atoms with Crippen LogP contribution in [0.3, 0.4) is 0 Å². The van der Waals surface area contributed by atoms with Gasteiger partial charge in [0.05, 0.1) is 5.69 Å². The lowest BCUT2D eigenvalue weighted by Crippen LogP contribution is -2.25. The predicted molar refractivity (Wildman–Crippen MR) is 79.7 cm³/mol. The molecule has 2 aromatic carbocycles. The minimum atomic E-state index is -0.108. The van der Waals surface area contributed by atoms with Crippen LogP contribution in [0.15, 0.2) is 54.6 Å². The summed E-state index contributed by atoms with van der Waals surface area (Å²) >= 11 is 0. The normalized spacial score (nSPS) is 13.7. The van der Waals surface area contributed by atoms with Gasteiger partial charge in [0.2, 0.25) is 0 Å². The number of nitrogens with one attached hydrogen (secondary N) is 1. The van der Waals surface area contributed by atoms with Crippen molar-refractivity contribution in [2.24, 2.45) is 0 Å². The Hall–Kier alpha value is -2.55. The fraction of sp³-hybridized carbons (Fsp3) is 0.118. The highest BCUT2D eigenvalue weighted by Crippen LogP contribution is 2.28. The van der Waals surface area contributed by atoms with Crippen LogP contribution in [-0.4, -0.2) is 12.5 Å². The van der Waals surface area contributed by atoms with Gasteiger partial charge in [-0.15, -0.1) is 0 Å². The van der Waals surface area contributed by atoms with Crippen molar-refractivity contribution in [2.45, 2.75) is 6.42 Å². The van der Waals surface area contributed by atoms with Gasteiger partial charge in [-0.1, -0.05) is 48.6 Å². The van der Waals surface area contributed by atoms with Crippen LogP contribution in [0.4, 0.5) is 5.69 Å². The topological polar surface area (TPSA) is 38.3 Å². The monoisotopic (exact) mass is 265 g/mol. The zero-order valence-corrected chi connectivity index (χ0v) is 11.0. The van der Waals surface area contributed by atoms with Gasteiger partial charge in [-0.3, -0.25) is 4.79 Å². The van der Waals surface area contributed by atoms with E-state index in [1.54, 1.807) is 0 Å². The van der Waals surface area contributed by atoms with Crippen LogP contribution in [0.2, 0.25) is 0 Å². The third-order valence-corrected chi connectivity index (χ3v) is 3.14. The summed E-state index contributed by atoms with van der Waals surface area (Å²) in [5, 5.41) is 2.81. The van der Waals surface area contributed by atoms with E-state index < -0.39 is 0 Å². The Labute approximate surface area is 117 Å². The number of ether oxygens (including phenoxy) is 1. The lowest BCUT2D eigenvalue weighted by atomic mass is 10.1. The average molecular weight is 265 g/mol. The van der Waals surface area contributed by atoms with Crippen molar-refractivity contribution in [3.63, 3.8) is 0 Å². The highest BCUT2D eigenvalue weighted by molar-refractivity contribution is 5.95. The molecule has 0 saturated carbocycles. The Morgan fingerprint density at radius 2 is 2.00 bits per heavy atom. The van der Waals surface area contributed by atoms with Crippen molar-refractivity contribution in [3.8, 4) is 5.75 Å². The second kappa shape index (κ2) is 5.61. The maximum absolute atomic E-state index is 11.3. The van der Waals surface area contributed by atoms with E-state index in [-0.39, 0.29) is 12.5 Å². The molecule has 0 saturated heterocycles. The third-order valence-electron chi connectivity index (χ3n) is 3.14. The van der Waals surface area contributed by atoms with Crippen molar-refractivity contribution in [1.82, 2.24) is 0 Å². The summed E-state index contributed by atoms with van der Waals surface area (Å²) in [6.45, 7) is 0.0934. The van der Waals surface area contributed by atoms with Crippen LogP contribution in [0.25, 0.3) is 6.08 Å². The maximum Gasteiger partial charge on any atom is 0.262 e. The van der Waals surface area contributed by atoms with E-state index in [9.17, 15) is 4.79 Å². The molecule has 1 heterocycles. The van der Waals surface area contributed by atoms with Crippen LogP contribution in [-0.2, 0) is 11.2 Å². The Bertz CT molecular complexity index is 647. The Morgan fingerprint density at radius 3 is 2.85 bits per heavy atom. The number of allylic oxidation sites excluding steroid dienone is 1. The first kappa shape index (κ1) is 12.5. The van der Waals surface area contributed by atoms with Crippen molar-refractivity contribution >= 4 is 17.7 Å². The van der Waals surface area contributed by atoms with Crippen LogP contribution < -0.4 is 10.1 Å². The predicted octanol–water partition coefficient (Wildman–Crippen LogP) is 3.27. The average Bonchev–Trinajstić information content (AvgIpc) is 2.48. The van der Waals surface area contributed by atoms with Crippen molar-refractivity contribution in [3.05, 3.63) is 65.7 Å². The molecule has 0 atom stereocenters. The summed E-state index contributed by atoms with van der Waals surface area (Å²) in [5.41, 5.74) is 3.06. The van der Waals surface area contributed by atoms with E-state index >= 15 is 0 Å². The first-order valence-electron chi connectivity index (χ1n) is 6.58. The van der Waals surface area contributed by atoms with Gasteiger partial charge < -0.3 is 10.1 Å². The number of rotatable bonds is 3. The van der Waals surface area contributed by atoms with E-state index in [4.69, 9.17) is 4.74 Å². The minimum Gasteiger partial charge on any atom is -0.482 e. The van der Waals surface area contributed by atoms with E-state index in [1.165, 1.54) is 5.56 Å². The lowest BCUT2D eigenvalue weighted by Gasteiger charge is -2.17. The number of benzene rings is 2. The molecule has 3 heteroatoms. The highest BCUT2D eigenvalue weighted by atomic mass is 16.5. The van der Waals surface area contributed by atoms with Gasteiger partial charge in [0, 0.05) is 0 Å². The first-order valence-corrected chi connectivity index (χ1v) is 6.58. The number of hydrogen-bond donors (Lipinski definition) is 1. The van der Waals surface area contributed by atoms with E-state index in [1.807, 2.05) is 42.5 Å². The molecule has 100 valence electrons. The van der Waals surface area contributed by atoms with Crippen LogP contribution >= 0.6 is 0 Å². The SMILES string of the molecule is O=C1COc2ccc(/C=C/Cc3ccccc3)cc2N1. The molecule has 1 amide bonds. The van der Waals surface area contributed by atoms with Gasteiger partial charge in [0.1, 0.15) is 5.75 Å². The first-order chi connectivity index (χ1) is 9.81. The molecule has 1 aliphatic heterocycles. The molecular weight excluding hydrogens is 250 g/mol. The molecule has 0 bridgehead atoms. The van der Waals surface area contributed by atoms with E-state index in [2.05, 4.69) is 23.5 Å². The Morgan fingerprint density at radius 1 is 1.15 bits per heavy atom. The van der Waals surface area contributed by atoms with Gasteiger partial charge in [-0.2, -0.15) is 0 Å². The third kappa shape index (κ3) is 2.88. The summed E-state index contributed by atoms with van der Waals surface area (Å²) in [5.74, 6) is 0.618. The van der Waals surface area contributed by atoms with Crippen molar-refractivity contribution in [2.75, 3.05) is 11.9 Å². The fourth-order valence-corrected chi connectivity index (χ4v) is 2.15. The summed E-state index contributed by atoms with van der Waals surface area (Å²) < 4.78 is 5.33. The second-order valence-electron chi connectivity index (χ2n) is 4.68. The largest absolute Gasteiger partial charge is 0.482 e. The fourth-order valence-electron chi connectivity index (χ4n) is 2.15. The minimum absolute atomic E-state index is 0.0934. The zero-order valence-electron chi connectivity index (χ0n) is 11.0. The van der Waals surface area contributed by atoms with Gasteiger partial charge >= 0.3 is 0 Å². The number of carbonyl (C=O) groups excluding carboxylic acids is 1. The highest BCUT2D eigenvalue weighted by Gasteiger charge is 2.15. The number of fused-ring (bicyclic) bond motifs is 1. The van der Waals surface area contributed by atoms with E-state index in [0.29, 0.717) is 0 Å². The smallest absolute Gasteiger partial charge is 0.262 e. The number of anilines is 1. The molecule has 0 radical (unpaired) electrons. The molecule has 0 spiro atoms.